The maximum absolute atomic E-state index is 12.1. The van der Waals surface area contributed by atoms with Crippen molar-refractivity contribution in [1.82, 2.24) is 10.6 Å². The molecule has 0 aliphatic heterocycles. The van der Waals surface area contributed by atoms with Gasteiger partial charge in [-0.25, -0.2) is 9.79 Å². The van der Waals surface area contributed by atoms with Crippen LogP contribution in [0.15, 0.2) is 29.3 Å². The number of alkyl halides is 3. The molecular weight excluding hydrogens is 377 g/mol. The fourth-order valence-corrected chi connectivity index (χ4v) is 1.96. The highest BCUT2D eigenvalue weighted by molar-refractivity contribution is 5.78. The number of alkyl carbamates (subject to hydrolysis) is 1. The number of rotatable bonds is 6. The topological polar surface area (TPSA) is 98.0 Å². The van der Waals surface area contributed by atoms with Gasteiger partial charge >= 0.3 is 12.5 Å². The normalized spacial score (nSPS) is 13.1. The van der Waals surface area contributed by atoms with Crippen molar-refractivity contribution in [1.29, 1.82) is 0 Å². The van der Waals surface area contributed by atoms with Crippen LogP contribution in [0.3, 0.4) is 0 Å². The van der Waals surface area contributed by atoms with Crippen LogP contribution in [0.2, 0.25) is 0 Å². The fraction of sp³-hybridized carbons (Fsp3) is 0.556. The fourth-order valence-electron chi connectivity index (χ4n) is 1.96. The Labute approximate surface area is 162 Å². The number of aliphatic imine (C=N–C) groups is 1. The molecule has 1 rings (SSSR count). The average Bonchev–Trinajstić information content (AvgIpc) is 2.48. The molecule has 0 heterocycles. The van der Waals surface area contributed by atoms with Gasteiger partial charge < -0.3 is 25.8 Å². The molecule has 28 heavy (non-hydrogen) atoms. The molecule has 0 atom stereocenters. The van der Waals surface area contributed by atoms with Crippen molar-refractivity contribution in [3.63, 3.8) is 0 Å². The predicted octanol–water partition coefficient (Wildman–Crippen LogP) is 3.29. The number of carbonyl (C=O) groups excluding carboxylic acids is 1. The summed E-state index contributed by atoms with van der Waals surface area (Å²) in [5, 5.41) is 5.61. The van der Waals surface area contributed by atoms with Gasteiger partial charge in [0.1, 0.15) is 11.4 Å². The highest BCUT2D eigenvalue weighted by Crippen LogP contribution is 2.22. The van der Waals surface area contributed by atoms with Crippen molar-refractivity contribution in [2.24, 2.45) is 10.7 Å². The highest BCUT2D eigenvalue weighted by Gasteiger charge is 2.31. The molecule has 0 fully saturated rings. The first-order chi connectivity index (χ1) is 12.7. The summed E-state index contributed by atoms with van der Waals surface area (Å²) in [7, 11) is 0. The van der Waals surface area contributed by atoms with Gasteiger partial charge in [-0.2, -0.15) is 0 Å². The van der Waals surface area contributed by atoms with E-state index in [1.165, 1.54) is 24.3 Å². The lowest BCUT2D eigenvalue weighted by Crippen LogP contribution is -2.53. The first-order valence-corrected chi connectivity index (χ1v) is 8.55. The summed E-state index contributed by atoms with van der Waals surface area (Å²) in [6.07, 6.45) is -5.27. The maximum Gasteiger partial charge on any atom is 0.573 e. The molecule has 1 amide bonds. The highest BCUT2D eigenvalue weighted by atomic mass is 19.4. The number of halogens is 3. The van der Waals surface area contributed by atoms with Crippen molar-refractivity contribution in [3.8, 4) is 5.75 Å². The zero-order valence-electron chi connectivity index (χ0n) is 16.6. The summed E-state index contributed by atoms with van der Waals surface area (Å²) in [5.74, 6) is -0.170. The molecule has 0 saturated carbocycles. The number of amides is 1. The SMILES string of the molecule is CC(C)(CNC(N)=NCc1ccc(OC(F)(F)F)cc1)NC(=O)OC(C)(C)C. The van der Waals surface area contributed by atoms with Gasteiger partial charge in [-0.1, -0.05) is 12.1 Å². The molecule has 0 aliphatic carbocycles. The van der Waals surface area contributed by atoms with Crippen LogP contribution in [0.5, 0.6) is 5.75 Å². The Morgan fingerprint density at radius 3 is 2.18 bits per heavy atom. The number of nitrogens with two attached hydrogens (primary N) is 1. The van der Waals surface area contributed by atoms with Gasteiger partial charge in [-0.05, 0) is 52.3 Å². The molecular formula is C18H27F3N4O3. The van der Waals surface area contributed by atoms with Crippen LogP contribution in [0, 0.1) is 0 Å². The minimum Gasteiger partial charge on any atom is -0.444 e. The first kappa shape index (κ1) is 23.4. The largest absolute Gasteiger partial charge is 0.573 e. The van der Waals surface area contributed by atoms with Gasteiger partial charge in [0.15, 0.2) is 5.96 Å². The van der Waals surface area contributed by atoms with Gasteiger partial charge in [0, 0.05) is 6.54 Å². The van der Waals surface area contributed by atoms with Crippen molar-refractivity contribution in [2.75, 3.05) is 6.54 Å². The van der Waals surface area contributed by atoms with E-state index in [1.54, 1.807) is 34.6 Å². The van der Waals surface area contributed by atoms with Crippen LogP contribution in [0.4, 0.5) is 18.0 Å². The number of carbonyl (C=O) groups is 1. The van der Waals surface area contributed by atoms with Crippen LogP contribution in [-0.4, -0.2) is 36.1 Å². The third-order valence-corrected chi connectivity index (χ3v) is 3.14. The number of guanidine groups is 1. The summed E-state index contributed by atoms with van der Waals surface area (Å²) in [6, 6.07) is 5.34. The molecule has 10 heteroatoms. The molecule has 4 N–H and O–H groups in total. The van der Waals surface area contributed by atoms with Crippen molar-refractivity contribution in [2.45, 2.75) is 58.7 Å². The number of benzene rings is 1. The summed E-state index contributed by atoms with van der Waals surface area (Å²) >= 11 is 0. The van der Waals surface area contributed by atoms with Crippen LogP contribution < -0.4 is 21.1 Å². The smallest absolute Gasteiger partial charge is 0.444 e. The summed E-state index contributed by atoms with van der Waals surface area (Å²) in [5.41, 5.74) is 5.20. The first-order valence-electron chi connectivity index (χ1n) is 8.55. The van der Waals surface area contributed by atoms with E-state index in [1.807, 2.05) is 0 Å². The molecule has 0 radical (unpaired) electrons. The molecule has 7 nitrogen and oxygen atoms in total. The molecule has 0 bridgehead atoms. The van der Waals surface area contributed by atoms with E-state index in [9.17, 15) is 18.0 Å². The standard InChI is InChI=1S/C18H27F3N4O3/c1-16(2,3)28-15(26)25-17(4,5)11-24-14(22)23-10-12-6-8-13(9-7-12)27-18(19,20)21/h6-9H,10-11H2,1-5H3,(H,25,26)(H3,22,23,24). The molecule has 0 spiro atoms. The van der Waals surface area contributed by atoms with Gasteiger partial charge in [-0.3, -0.25) is 0 Å². The monoisotopic (exact) mass is 404 g/mol. The number of hydrogen-bond donors (Lipinski definition) is 3. The van der Waals surface area contributed by atoms with Crippen molar-refractivity contribution in [3.05, 3.63) is 29.8 Å². The van der Waals surface area contributed by atoms with E-state index in [2.05, 4.69) is 20.4 Å². The second-order valence-corrected chi connectivity index (χ2v) is 7.76. The van der Waals surface area contributed by atoms with Gasteiger partial charge in [0.05, 0.1) is 12.1 Å². The number of nitrogens with one attached hydrogen (secondary N) is 2. The predicted molar refractivity (Wildman–Crippen MR) is 99.9 cm³/mol. The summed E-state index contributed by atoms with van der Waals surface area (Å²) < 4.78 is 45.4. The number of ether oxygens (including phenoxy) is 2. The quantitative estimate of drug-likeness (QED) is 0.499. The number of hydrogen-bond acceptors (Lipinski definition) is 4. The van der Waals surface area contributed by atoms with Crippen molar-refractivity contribution < 1.29 is 27.4 Å². The van der Waals surface area contributed by atoms with Crippen LogP contribution >= 0.6 is 0 Å². The minimum absolute atomic E-state index is 0.134. The molecule has 158 valence electrons. The van der Waals surface area contributed by atoms with E-state index in [0.29, 0.717) is 12.1 Å². The summed E-state index contributed by atoms with van der Waals surface area (Å²) in [6.45, 7) is 9.34. The lowest BCUT2D eigenvalue weighted by molar-refractivity contribution is -0.274. The van der Waals surface area contributed by atoms with Crippen molar-refractivity contribution >= 4 is 12.1 Å². The third kappa shape index (κ3) is 10.5. The van der Waals surface area contributed by atoms with E-state index < -0.39 is 23.6 Å². The van der Waals surface area contributed by atoms with E-state index >= 15 is 0 Å². The zero-order valence-corrected chi connectivity index (χ0v) is 16.6. The Morgan fingerprint density at radius 1 is 1.11 bits per heavy atom. The van der Waals surface area contributed by atoms with Crippen LogP contribution in [-0.2, 0) is 11.3 Å². The van der Waals surface area contributed by atoms with Crippen LogP contribution in [0.25, 0.3) is 0 Å². The number of nitrogens with zero attached hydrogens (tertiary/aromatic N) is 1. The molecule has 1 aromatic carbocycles. The van der Waals surface area contributed by atoms with E-state index in [0.717, 1.165) is 0 Å². The molecule has 0 aliphatic rings. The third-order valence-electron chi connectivity index (χ3n) is 3.14. The van der Waals surface area contributed by atoms with Gasteiger partial charge in [0.2, 0.25) is 0 Å². The van der Waals surface area contributed by atoms with E-state index in [4.69, 9.17) is 10.5 Å². The minimum atomic E-state index is -4.73. The molecule has 0 saturated heterocycles. The maximum atomic E-state index is 12.1. The summed E-state index contributed by atoms with van der Waals surface area (Å²) in [4.78, 5) is 16.0. The Hall–Kier alpha value is -2.65. The average molecular weight is 404 g/mol. The van der Waals surface area contributed by atoms with Gasteiger partial charge in [-0.15, -0.1) is 13.2 Å². The Balaban J connectivity index is 2.50. The van der Waals surface area contributed by atoms with Crippen LogP contribution in [0.1, 0.15) is 40.2 Å². The van der Waals surface area contributed by atoms with Gasteiger partial charge in [0.25, 0.3) is 0 Å². The second-order valence-electron chi connectivity index (χ2n) is 7.76. The molecule has 1 aromatic rings. The molecule has 0 aromatic heterocycles. The lowest BCUT2D eigenvalue weighted by atomic mass is 10.1. The Bertz CT molecular complexity index is 681. The Kier molecular flexibility index (Phi) is 7.54. The zero-order chi connectivity index (χ0) is 21.6. The Morgan fingerprint density at radius 2 is 1.68 bits per heavy atom. The molecule has 0 unspecified atom stereocenters. The second kappa shape index (κ2) is 9.03. The lowest BCUT2D eigenvalue weighted by Gasteiger charge is -2.29. The van der Waals surface area contributed by atoms with E-state index in [-0.39, 0.29) is 18.3 Å².